The summed E-state index contributed by atoms with van der Waals surface area (Å²) >= 11 is 0. The summed E-state index contributed by atoms with van der Waals surface area (Å²) in [6.07, 6.45) is 2.48. The molecule has 2 aliphatic rings. The first-order valence-corrected chi connectivity index (χ1v) is 12.1. The summed E-state index contributed by atoms with van der Waals surface area (Å²) in [6.45, 7) is 3.45. The van der Waals surface area contributed by atoms with Crippen LogP contribution in [-0.4, -0.2) is 52.1 Å². The number of rotatable bonds is 3. The molecule has 4 aromatic rings. The summed E-state index contributed by atoms with van der Waals surface area (Å²) in [5.74, 6) is -0.325. The zero-order chi connectivity index (χ0) is 23.3. The molecule has 0 unspecified atom stereocenters. The van der Waals surface area contributed by atoms with Crippen molar-refractivity contribution >= 4 is 27.6 Å². The predicted octanol–water partition coefficient (Wildman–Crippen LogP) is 5.91. The van der Waals surface area contributed by atoms with Crippen molar-refractivity contribution in [3.63, 3.8) is 0 Å². The number of halogens is 3. The number of aromatic nitrogens is 3. The molecule has 8 heteroatoms. The number of hydrogen-bond acceptors (Lipinski definition) is 3. The van der Waals surface area contributed by atoms with Gasteiger partial charge in [-0.05, 0) is 55.4 Å². The Balaban J connectivity index is 1.10. The summed E-state index contributed by atoms with van der Waals surface area (Å²) in [5, 5.41) is 1.35. The fraction of sp³-hybridized carbons (Fsp3) is 0.423. The van der Waals surface area contributed by atoms with Crippen molar-refractivity contribution in [3.8, 4) is 0 Å². The Morgan fingerprint density at radius 2 is 1.59 bits per heavy atom. The van der Waals surface area contributed by atoms with Crippen LogP contribution in [0.5, 0.6) is 0 Å². The Hall–Kier alpha value is -3.00. The molecule has 1 aliphatic heterocycles. The summed E-state index contributed by atoms with van der Waals surface area (Å²) in [7, 11) is 0. The third kappa shape index (κ3) is 3.83. The van der Waals surface area contributed by atoms with Gasteiger partial charge < -0.3 is 14.9 Å². The van der Waals surface area contributed by atoms with E-state index in [0.29, 0.717) is 23.0 Å². The molecule has 0 atom stereocenters. The number of piperazine rings is 1. The van der Waals surface area contributed by atoms with E-state index >= 15 is 0 Å². The van der Waals surface area contributed by atoms with E-state index in [2.05, 4.69) is 55.2 Å². The first-order valence-electron chi connectivity index (χ1n) is 12.1. The van der Waals surface area contributed by atoms with Gasteiger partial charge in [-0.25, -0.2) is 4.98 Å². The number of para-hydroxylation sites is 2. The van der Waals surface area contributed by atoms with Gasteiger partial charge in [0.15, 0.2) is 0 Å². The van der Waals surface area contributed by atoms with Crippen molar-refractivity contribution < 1.29 is 13.2 Å². The molecule has 1 saturated heterocycles. The Bertz CT molecular complexity index is 1290. The highest BCUT2D eigenvalue weighted by atomic mass is 19.4. The van der Waals surface area contributed by atoms with Crippen molar-refractivity contribution in [2.24, 2.45) is 0 Å². The van der Waals surface area contributed by atoms with Crippen molar-refractivity contribution in [3.05, 3.63) is 60.0 Å². The molecule has 1 saturated carbocycles. The van der Waals surface area contributed by atoms with Gasteiger partial charge in [-0.3, -0.25) is 4.90 Å². The predicted molar refractivity (Wildman–Crippen MR) is 128 cm³/mol. The lowest BCUT2D eigenvalue weighted by molar-refractivity contribution is -0.144. The largest absolute Gasteiger partial charge is 0.449 e. The van der Waals surface area contributed by atoms with E-state index in [1.165, 1.54) is 42.1 Å². The molecule has 0 bridgehead atoms. The van der Waals surface area contributed by atoms with Crippen molar-refractivity contribution in [1.29, 1.82) is 0 Å². The summed E-state index contributed by atoms with van der Waals surface area (Å²) in [6, 6.07) is 14.4. The van der Waals surface area contributed by atoms with Crippen LogP contribution in [0.1, 0.15) is 43.0 Å². The second kappa shape index (κ2) is 8.34. The topological polar surface area (TPSA) is 51.0 Å². The van der Waals surface area contributed by atoms with Crippen LogP contribution in [0.4, 0.5) is 18.9 Å². The maximum Gasteiger partial charge on any atom is 0.449 e. The van der Waals surface area contributed by atoms with E-state index in [9.17, 15) is 13.2 Å². The van der Waals surface area contributed by atoms with E-state index in [4.69, 9.17) is 0 Å². The maximum absolute atomic E-state index is 13.1. The summed E-state index contributed by atoms with van der Waals surface area (Å²) in [5.41, 5.74) is 4.28. The van der Waals surface area contributed by atoms with Crippen LogP contribution >= 0.6 is 0 Å². The number of fused-ring (bicyclic) bond motifs is 2. The highest BCUT2D eigenvalue weighted by molar-refractivity contribution is 5.89. The first kappa shape index (κ1) is 21.5. The first-order chi connectivity index (χ1) is 16.5. The van der Waals surface area contributed by atoms with Crippen LogP contribution in [-0.2, 0) is 6.18 Å². The van der Waals surface area contributed by atoms with Gasteiger partial charge in [0.25, 0.3) is 0 Å². The van der Waals surface area contributed by atoms with Gasteiger partial charge in [0.05, 0.1) is 11.2 Å². The van der Waals surface area contributed by atoms with Crippen LogP contribution in [0.15, 0.2) is 48.7 Å². The zero-order valence-corrected chi connectivity index (χ0v) is 18.9. The quantitative estimate of drug-likeness (QED) is 0.394. The lowest BCUT2D eigenvalue weighted by Crippen LogP contribution is -2.51. The molecular weight excluding hydrogens is 439 g/mol. The van der Waals surface area contributed by atoms with Crippen molar-refractivity contribution in [2.45, 2.75) is 43.8 Å². The highest BCUT2D eigenvalue weighted by Crippen LogP contribution is 2.38. The van der Waals surface area contributed by atoms with E-state index in [1.807, 2.05) is 6.07 Å². The third-order valence-corrected chi connectivity index (χ3v) is 7.69. The molecule has 2 aromatic carbocycles. The monoisotopic (exact) mass is 467 g/mol. The molecule has 2 N–H and O–H groups in total. The van der Waals surface area contributed by atoms with Gasteiger partial charge >= 0.3 is 6.18 Å². The van der Waals surface area contributed by atoms with Gasteiger partial charge in [0.1, 0.15) is 5.52 Å². The van der Waals surface area contributed by atoms with Gasteiger partial charge in [0.2, 0.25) is 5.82 Å². The fourth-order valence-electron chi connectivity index (χ4n) is 5.92. The molecule has 1 aliphatic carbocycles. The second-order valence-corrected chi connectivity index (χ2v) is 9.57. The van der Waals surface area contributed by atoms with Crippen molar-refractivity contribution in [2.75, 3.05) is 31.1 Å². The maximum atomic E-state index is 13.1. The van der Waals surface area contributed by atoms with E-state index in [0.717, 1.165) is 31.9 Å². The zero-order valence-electron chi connectivity index (χ0n) is 18.9. The number of nitrogens with zero attached hydrogens (tertiary/aromatic N) is 3. The number of alkyl halides is 3. The summed E-state index contributed by atoms with van der Waals surface area (Å²) in [4.78, 5) is 14.5. The SMILES string of the molecule is FC(F)(F)c1nc2c(N3CCN(C4CCC(c5c[nH]c6ccccc56)CC4)CC3)cccc2[nH]1. The van der Waals surface area contributed by atoms with E-state index < -0.39 is 12.0 Å². The van der Waals surface area contributed by atoms with Crippen LogP contribution in [0.25, 0.3) is 21.9 Å². The fourth-order valence-corrected chi connectivity index (χ4v) is 5.92. The standard InChI is InChI=1S/C26H28F3N5/c27-26(28,29)25-31-22-6-3-7-23(24(22)32-25)34-14-12-33(13-15-34)18-10-8-17(9-11-18)20-16-30-21-5-2-1-4-19(20)21/h1-7,16-18,30H,8-15H2,(H,31,32). The molecule has 34 heavy (non-hydrogen) atoms. The molecule has 0 amide bonds. The van der Waals surface area contributed by atoms with Crippen molar-refractivity contribution in [1.82, 2.24) is 19.9 Å². The van der Waals surface area contributed by atoms with E-state index in [-0.39, 0.29) is 0 Å². The Morgan fingerprint density at radius 3 is 2.35 bits per heavy atom. The smallest absolute Gasteiger partial charge is 0.367 e. The molecule has 5 nitrogen and oxygen atoms in total. The van der Waals surface area contributed by atoms with Gasteiger partial charge in [-0.2, -0.15) is 13.2 Å². The molecule has 6 rings (SSSR count). The lowest BCUT2D eigenvalue weighted by Gasteiger charge is -2.42. The van der Waals surface area contributed by atoms with Crippen LogP contribution < -0.4 is 4.90 Å². The Labute approximate surface area is 196 Å². The number of benzene rings is 2. The molecule has 178 valence electrons. The van der Waals surface area contributed by atoms with Gasteiger partial charge in [0, 0.05) is 49.3 Å². The Kier molecular flexibility index (Phi) is 5.28. The number of anilines is 1. The number of H-pyrrole nitrogens is 2. The second-order valence-electron chi connectivity index (χ2n) is 9.57. The van der Waals surface area contributed by atoms with Crippen LogP contribution in [0.3, 0.4) is 0 Å². The number of imidazole rings is 1. The molecule has 0 radical (unpaired) electrons. The third-order valence-electron chi connectivity index (χ3n) is 7.69. The van der Waals surface area contributed by atoms with E-state index in [1.54, 1.807) is 12.1 Å². The average molecular weight is 468 g/mol. The number of hydrogen-bond donors (Lipinski definition) is 2. The summed E-state index contributed by atoms with van der Waals surface area (Å²) < 4.78 is 39.4. The molecule has 2 fully saturated rings. The molecule has 3 heterocycles. The van der Waals surface area contributed by atoms with Crippen LogP contribution in [0, 0.1) is 0 Å². The highest BCUT2D eigenvalue weighted by Gasteiger charge is 2.35. The minimum absolute atomic E-state index is 0.405. The Morgan fingerprint density at radius 1 is 0.853 bits per heavy atom. The number of nitrogens with one attached hydrogen (secondary N) is 2. The van der Waals surface area contributed by atoms with Gasteiger partial charge in [-0.1, -0.05) is 24.3 Å². The molecule has 2 aromatic heterocycles. The normalized spacial score (nSPS) is 22.6. The van der Waals surface area contributed by atoms with Crippen LogP contribution in [0.2, 0.25) is 0 Å². The molecular formula is C26H28F3N5. The minimum Gasteiger partial charge on any atom is -0.367 e. The lowest BCUT2D eigenvalue weighted by atomic mass is 9.81. The van der Waals surface area contributed by atoms with Gasteiger partial charge in [-0.15, -0.1) is 0 Å². The minimum atomic E-state index is -4.47. The number of aromatic amines is 2. The molecule has 0 spiro atoms. The average Bonchev–Trinajstić information content (AvgIpc) is 3.49.